The van der Waals surface area contributed by atoms with Crippen LogP contribution in [-0.2, 0) is 20.8 Å². The quantitative estimate of drug-likeness (QED) is 0.795. The number of carbonyl (C=O) groups excluding carboxylic acids is 2. The highest BCUT2D eigenvalue weighted by atomic mass is 16.5. The summed E-state index contributed by atoms with van der Waals surface area (Å²) < 4.78 is 5.09. The van der Waals surface area contributed by atoms with Crippen LogP contribution in [-0.4, -0.2) is 43.1 Å². The van der Waals surface area contributed by atoms with Gasteiger partial charge in [0.05, 0.1) is 0 Å². The van der Waals surface area contributed by atoms with E-state index in [2.05, 4.69) is 0 Å². The highest BCUT2D eigenvalue weighted by Gasteiger charge is 2.24. The molecular formula is C21H22N2O5. The average Bonchev–Trinajstić information content (AvgIpc) is 2.71. The normalized spacial score (nSPS) is 13.0. The molecule has 146 valence electrons. The first-order valence-electron chi connectivity index (χ1n) is 9.05. The summed E-state index contributed by atoms with van der Waals surface area (Å²) in [6.45, 7) is -0.0850. The Morgan fingerprint density at radius 1 is 1.11 bits per heavy atom. The molecule has 1 N–H and O–H groups in total. The zero-order chi connectivity index (χ0) is 20.1. The van der Waals surface area contributed by atoms with Crippen LogP contribution in [0.15, 0.2) is 48.5 Å². The van der Waals surface area contributed by atoms with Crippen LogP contribution in [0.2, 0.25) is 0 Å². The van der Waals surface area contributed by atoms with Crippen LogP contribution in [0.1, 0.15) is 18.4 Å². The largest absolute Gasteiger partial charge is 0.482 e. The summed E-state index contributed by atoms with van der Waals surface area (Å²) in [5.74, 6) is -0.711. The maximum absolute atomic E-state index is 12.6. The van der Waals surface area contributed by atoms with Crippen molar-refractivity contribution in [1.29, 1.82) is 0 Å². The second-order valence-corrected chi connectivity index (χ2v) is 6.55. The Morgan fingerprint density at radius 2 is 1.82 bits per heavy atom. The lowest BCUT2D eigenvalue weighted by Crippen LogP contribution is -2.38. The van der Waals surface area contributed by atoms with E-state index in [9.17, 15) is 14.4 Å². The molecule has 3 rings (SSSR count). The van der Waals surface area contributed by atoms with E-state index >= 15 is 0 Å². The van der Waals surface area contributed by atoms with Gasteiger partial charge in [0.1, 0.15) is 5.75 Å². The number of aryl methyl sites for hydroxylation is 1. The summed E-state index contributed by atoms with van der Waals surface area (Å²) in [4.78, 5) is 38.6. The average molecular weight is 382 g/mol. The van der Waals surface area contributed by atoms with Crippen molar-refractivity contribution >= 4 is 29.2 Å². The van der Waals surface area contributed by atoms with E-state index in [1.807, 2.05) is 24.3 Å². The van der Waals surface area contributed by atoms with Crippen LogP contribution in [0.4, 0.5) is 11.4 Å². The molecule has 1 aliphatic heterocycles. The van der Waals surface area contributed by atoms with Gasteiger partial charge in [-0.1, -0.05) is 18.2 Å². The Morgan fingerprint density at radius 3 is 2.54 bits per heavy atom. The fourth-order valence-corrected chi connectivity index (χ4v) is 3.17. The number of ether oxygens (including phenoxy) is 1. The Hall–Kier alpha value is -3.35. The molecule has 2 aromatic carbocycles. The summed E-state index contributed by atoms with van der Waals surface area (Å²) in [6, 6.07) is 14.4. The van der Waals surface area contributed by atoms with Gasteiger partial charge in [0.15, 0.2) is 6.61 Å². The molecule has 7 nitrogen and oxygen atoms in total. The molecule has 0 unspecified atom stereocenters. The first-order chi connectivity index (χ1) is 13.5. The molecule has 1 heterocycles. The monoisotopic (exact) mass is 382 g/mol. The number of nitrogens with zero attached hydrogens (tertiary/aromatic N) is 2. The first kappa shape index (κ1) is 19.4. The standard InChI is InChI=1S/C21H22N2O5/c1-22(16-7-9-17(10-8-16)28-14-21(26)27)19(24)12-13-23-18-5-3-2-4-15(18)6-11-20(23)25/h2-5,7-10H,6,11-14H2,1H3,(H,26,27). The van der Waals surface area contributed by atoms with Crippen LogP contribution >= 0.6 is 0 Å². The number of anilines is 2. The van der Waals surface area contributed by atoms with Crippen molar-refractivity contribution in [1.82, 2.24) is 0 Å². The van der Waals surface area contributed by atoms with E-state index in [-0.39, 0.29) is 18.2 Å². The molecule has 0 spiro atoms. The third kappa shape index (κ3) is 4.49. The van der Waals surface area contributed by atoms with E-state index < -0.39 is 12.6 Å². The van der Waals surface area contributed by atoms with Crippen LogP contribution in [0.5, 0.6) is 5.75 Å². The lowest BCUT2D eigenvalue weighted by atomic mass is 10.0. The van der Waals surface area contributed by atoms with Crippen molar-refractivity contribution in [3.05, 3.63) is 54.1 Å². The minimum Gasteiger partial charge on any atom is -0.482 e. The number of hydrogen-bond donors (Lipinski definition) is 1. The predicted octanol–water partition coefficient (Wildman–Crippen LogP) is 2.48. The first-order valence-corrected chi connectivity index (χ1v) is 9.05. The molecule has 0 aliphatic carbocycles. The maximum atomic E-state index is 12.6. The topological polar surface area (TPSA) is 87.2 Å². The van der Waals surface area contributed by atoms with Gasteiger partial charge in [0, 0.05) is 37.8 Å². The van der Waals surface area contributed by atoms with E-state index in [0.29, 0.717) is 24.4 Å². The fourth-order valence-electron chi connectivity index (χ4n) is 3.17. The third-order valence-corrected chi connectivity index (χ3v) is 4.70. The number of carbonyl (C=O) groups is 3. The summed E-state index contributed by atoms with van der Waals surface area (Å²) in [5.41, 5.74) is 2.67. The van der Waals surface area contributed by atoms with E-state index in [0.717, 1.165) is 17.7 Å². The fraction of sp³-hybridized carbons (Fsp3) is 0.286. The van der Waals surface area contributed by atoms with Crippen molar-refractivity contribution in [2.75, 3.05) is 30.0 Å². The number of fused-ring (bicyclic) bond motifs is 1. The van der Waals surface area contributed by atoms with Crippen molar-refractivity contribution in [3.8, 4) is 5.75 Å². The Kier molecular flexibility index (Phi) is 5.93. The number of carboxylic acid groups (broad SMARTS) is 1. The summed E-state index contributed by atoms with van der Waals surface area (Å²) in [6.07, 6.45) is 1.39. The molecule has 0 saturated heterocycles. The van der Waals surface area contributed by atoms with Gasteiger partial charge in [-0.25, -0.2) is 4.79 Å². The van der Waals surface area contributed by atoms with Gasteiger partial charge in [-0.15, -0.1) is 0 Å². The molecule has 0 saturated carbocycles. The number of aliphatic carboxylic acids is 1. The highest BCUT2D eigenvalue weighted by Crippen LogP contribution is 2.27. The van der Waals surface area contributed by atoms with E-state index in [1.165, 1.54) is 4.90 Å². The van der Waals surface area contributed by atoms with Gasteiger partial charge in [-0.3, -0.25) is 9.59 Å². The summed E-state index contributed by atoms with van der Waals surface area (Å²) in [5, 5.41) is 8.63. The molecule has 0 fully saturated rings. The molecule has 0 atom stereocenters. The van der Waals surface area contributed by atoms with Gasteiger partial charge in [0.25, 0.3) is 0 Å². The number of carboxylic acids is 1. The predicted molar refractivity (Wildman–Crippen MR) is 105 cm³/mol. The smallest absolute Gasteiger partial charge is 0.341 e. The molecule has 0 aromatic heterocycles. The molecule has 0 radical (unpaired) electrons. The zero-order valence-corrected chi connectivity index (χ0v) is 15.6. The summed E-state index contributed by atoms with van der Waals surface area (Å²) >= 11 is 0. The molecule has 28 heavy (non-hydrogen) atoms. The number of amides is 2. The highest BCUT2D eigenvalue weighted by molar-refractivity contribution is 5.98. The van der Waals surface area contributed by atoms with Crippen LogP contribution in [0, 0.1) is 0 Å². The van der Waals surface area contributed by atoms with E-state index in [1.54, 1.807) is 36.2 Å². The SMILES string of the molecule is CN(C(=O)CCN1C(=O)CCc2ccccc21)c1ccc(OCC(=O)O)cc1. The van der Waals surface area contributed by atoms with Crippen LogP contribution < -0.4 is 14.5 Å². The Labute approximate surface area is 163 Å². The second-order valence-electron chi connectivity index (χ2n) is 6.55. The van der Waals surface area contributed by atoms with Crippen LogP contribution in [0.25, 0.3) is 0 Å². The number of rotatable bonds is 7. The molecule has 2 amide bonds. The molecular weight excluding hydrogens is 360 g/mol. The molecule has 0 bridgehead atoms. The van der Waals surface area contributed by atoms with Gasteiger partial charge in [-0.05, 0) is 42.3 Å². The van der Waals surface area contributed by atoms with Gasteiger partial charge in [0.2, 0.25) is 11.8 Å². The second kappa shape index (κ2) is 8.56. The maximum Gasteiger partial charge on any atom is 0.341 e. The minimum atomic E-state index is -1.05. The van der Waals surface area contributed by atoms with Gasteiger partial charge in [-0.2, -0.15) is 0 Å². The zero-order valence-electron chi connectivity index (χ0n) is 15.6. The van der Waals surface area contributed by atoms with Gasteiger partial charge >= 0.3 is 5.97 Å². The number of para-hydroxylation sites is 1. The lowest BCUT2D eigenvalue weighted by Gasteiger charge is -2.29. The third-order valence-electron chi connectivity index (χ3n) is 4.70. The summed E-state index contributed by atoms with van der Waals surface area (Å²) in [7, 11) is 1.67. The number of hydrogen-bond acceptors (Lipinski definition) is 4. The van der Waals surface area contributed by atoms with Crippen molar-refractivity contribution in [2.24, 2.45) is 0 Å². The van der Waals surface area contributed by atoms with Crippen molar-refractivity contribution in [3.63, 3.8) is 0 Å². The lowest BCUT2D eigenvalue weighted by molar-refractivity contribution is -0.139. The minimum absolute atomic E-state index is 0.0362. The van der Waals surface area contributed by atoms with Crippen molar-refractivity contribution < 1.29 is 24.2 Å². The Bertz CT molecular complexity index is 879. The molecule has 7 heteroatoms. The Balaban J connectivity index is 1.60. The van der Waals surface area contributed by atoms with Crippen molar-refractivity contribution in [2.45, 2.75) is 19.3 Å². The van der Waals surface area contributed by atoms with E-state index in [4.69, 9.17) is 9.84 Å². The molecule has 1 aliphatic rings. The van der Waals surface area contributed by atoms with Gasteiger partial charge < -0.3 is 19.6 Å². The number of benzene rings is 2. The molecule has 2 aromatic rings. The van der Waals surface area contributed by atoms with Crippen LogP contribution in [0.3, 0.4) is 0 Å².